The molecule has 0 spiro atoms. The van der Waals surface area contributed by atoms with Crippen LogP contribution in [0.2, 0.25) is 0 Å². The highest BCUT2D eigenvalue weighted by Crippen LogP contribution is 2.41. The Morgan fingerprint density at radius 1 is 1.12 bits per heavy atom. The molecular weight excluding hydrogens is 431 g/mol. The summed E-state index contributed by atoms with van der Waals surface area (Å²) in [4.78, 5) is 14.9. The van der Waals surface area contributed by atoms with Crippen LogP contribution in [0.4, 0.5) is 23.7 Å². The Morgan fingerprint density at radius 3 is 2.36 bits per heavy atom. The number of ether oxygens (including phenoxy) is 1. The topological polar surface area (TPSA) is 44.8 Å². The molecule has 1 fully saturated rings. The number of halogens is 3. The van der Waals surface area contributed by atoms with Gasteiger partial charge in [-0.1, -0.05) is 50.2 Å². The van der Waals surface area contributed by atoms with Gasteiger partial charge in [-0.05, 0) is 35.2 Å². The van der Waals surface area contributed by atoms with E-state index in [4.69, 9.17) is 4.74 Å². The average Bonchev–Trinajstić information content (AvgIpc) is 3.04. The van der Waals surface area contributed by atoms with Crippen molar-refractivity contribution in [1.29, 1.82) is 0 Å². The van der Waals surface area contributed by atoms with Crippen LogP contribution in [0.25, 0.3) is 0 Å². The predicted molar refractivity (Wildman–Crippen MR) is 121 cm³/mol. The molecule has 8 heteroatoms. The van der Waals surface area contributed by atoms with E-state index < -0.39 is 18.2 Å². The molecule has 1 aliphatic heterocycles. The number of carbonyl (C=O) groups is 1. The van der Waals surface area contributed by atoms with Gasteiger partial charge >= 0.3 is 12.2 Å². The Bertz CT molecular complexity index is 985. The lowest BCUT2D eigenvalue weighted by atomic mass is 9.83. The van der Waals surface area contributed by atoms with E-state index in [9.17, 15) is 18.0 Å². The zero-order chi connectivity index (χ0) is 23.8. The van der Waals surface area contributed by atoms with Crippen molar-refractivity contribution in [3.8, 4) is 0 Å². The van der Waals surface area contributed by atoms with Crippen LogP contribution in [0, 0.1) is 0 Å². The molecule has 0 saturated carbocycles. The van der Waals surface area contributed by atoms with Crippen molar-refractivity contribution in [3.63, 3.8) is 0 Å². The van der Waals surface area contributed by atoms with E-state index in [-0.39, 0.29) is 30.1 Å². The number of fused-ring (bicyclic) bond motifs is 1. The quantitative estimate of drug-likeness (QED) is 0.698. The van der Waals surface area contributed by atoms with Crippen LogP contribution in [0.3, 0.4) is 0 Å². The highest BCUT2D eigenvalue weighted by atomic mass is 19.4. The number of nitrogens with zero attached hydrogens (tertiary/aromatic N) is 2. The van der Waals surface area contributed by atoms with Gasteiger partial charge in [-0.15, -0.1) is 0 Å². The summed E-state index contributed by atoms with van der Waals surface area (Å²) in [6.45, 7) is 5.59. The highest BCUT2D eigenvalue weighted by Gasteiger charge is 2.46. The normalized spacial score (nSPS) is 20.8. The molecule has 1 heterocycles. The summed E-state index contributed by atoms with van der Waals surface area (Å²) in [5, 5.41) is 3.50. The first-order chi connectivity index (χ1) is 15.6. The second-order valence-electron chi connectivity index (χ2n) is 9.34. The second-order valence-corrected chi connectivity index (χ2v) is 9.34. The molecule has 1 saturated heterocycles. The van der Waals surface area contributed by atoms with Crippen molar-refractivity contribution in [2.24, 2.45) is 0 Å². The molecule has 1 N–H and O–H groups in total. The van der Waals surface area contributed by atoms with E-state index in [2.05, 4.69) is 31.3 Å². The van der Waals surface area contributed by atoms with E-state index in [1.807, 2.05) is 12.1 Å². The molecular formula is C25H30F3N3O2. The lowest BCUT2D eigenvalue weighted by Crippen LogP contribution is -2.50. The molecule has 0 aromatic heterocycles. The zero-order valence-electron chi connectivity index (χ0n) is 19.2. The molecule has 0 bridgehead atoms. The number of alkyl halides is 3. The molecule has 178 valence electrons. The number of hydrogen-bond donors (Lipinski definition) is 1. The van der Waals surface area contributed by atoms with E-state index in [1.165, 1.54) is 35.2 Å². The van der Waals surface area contributed by atoms with Crippen LogP contribution in [-0.2, 0) is 16.6 Å². The molecule has 2 aliphatic rings. The molecule has 5 nitrogen and oxygen atoms in total. The van der Waals surface area contributed by atoms with Crippen molar-refractivity contribution in [1.82, 2.24) is 9.80 Å². The van der Waals surface area contributed by atoms with Crippen molar-refractivity contribution in [2.45, 2.75) is 43.9 Å². The molecule has 33 heavy (non-hydrogen) atoms. The zero-order valence-corrected chi connectivity index (χ0v) is 19.2. The van der Waals surface area contributed by atoms with Gasteiger partial charge in [0.15, 0.2) is 6.04 Å². The summed E-state index contributed by atoms with van der Waals surface area (Å²) in [6, 6.07) is 12.0. The van der Waals surface area contributed by atoms with Gasteiger partial charge in [0.1, 0.15) is 0 Å². The minimum Gasteiger partial charge on any atom is -0.381 e. The molecule has 1 aliphatic carbocycles. The number of rotatable bonds is 4. The van der Waals surface area contributed by atoms with Crippen LogP contribution in [0.5, 0.6) is 0 Å². The standard InChI is InChI=1S/C25H30F3N3O2/c1-24(2)20-7-5-4-6-18(20)16-21(24)29-19-10-8-17(9-11-19)22(25(26,27)28)30(3)23(32)31-12-14-33-15-13-31/h4-11,21-22,29H,12-16H2,1-3H3/t21?,22-/m0/s1. The predicted octanol–water partition coefficient (Wildman–Crippen LogP) is 4.99. The minimum absolute atomic E-state index is 0.0335. The number of hydrogen-bond acceptors (Lipinski definition) is 3. The first kappa shape index (κ1) is 23.4. The SMILES string of the molecule is CN(C(=O)N1CCOCC1)[C@@H](c1ccc(NC2Cc3ccccc3C2(C)C)cc1)C(F)(F)F. The summed E-state index contributed by atoms with van der Waals surface area (Å²) in [5.41, 5.74) is 3.27. The smallest absolute Gasteiger partial charge is 0.381 e. The van der Waals surface area contributed by atoms with Crippen LogP contribution in [0.15, 0.2) is 48.5 Å². The Morgan fingerprint density at radius 2 is 1.76 bits per heavy atom. The summed E-state index contributed by atoms with van der Waals surface area (Å²) < 4.78 is 47.2. The highest BCUT2D eigenvalue weighted by molar-refractivity contribution is 5.75. The van der Waals surface area contributed by atoms with E-state index in [1.54, 1.807) is 12.1 Å². The van der Waals surface area contributed by atoms with Gasteiger partial charge < -0.3 is 19.9 Å². The van der Waals surface area contributed by atoms with Gasteiger partial charge in [0.25, 0.3) is 0 Å². The monoisotopic (exact) mass is 461 g/mol. The number of amides is 2. The van der Waals surface area contributed by atoms with E-state index in [0.717, 1.165) is 17.0 Å². The molecule has 2 aromatic rings. The Balaban J connectivity index is 1.51. The van der Waals surface area contributed by atoms with Gasteiger partial charge in [0, 0.05) is 37.3 Å². The first-order valence-corrected chi connectivity index (χ1v) is 11.2. The van der Waals surface area contributed by atoms with Crippen molar-refractivity contribution < 1.29 is 22.7 Å². The molecule has 0 radical (unpaired) electrons. The van der Waals surface area contributed by atoms with Gasteiger partial charge in [-0.25, -0.2) is 4.79 Å². The molecule has 4 rings (SSSR count). The first-order valence-electron chi connectivity index (χ1n) is 11.2. The fraction of sp³-hybridized carbons (Fsp3) is 0.480. The minimum atomic E-state index is -4.60. The number of urea groups is 1. The third kappa shape index (κ3) is 4.67. The Hall–Kier alpha value is -2.74. The molecule has 2 aromatic carbocycles. The average molecular weight is 462 g/mol. The van der Waals surface area contributed by atoms with Crippen molar-refractivity contribution in [2.75, 3.05) is 38.7 Å². The second kappa shape index (κ2) is 8.89. The number of nitrogens with one attached hydrogen (secondary N) is 1. The number of anilines is 1. The van der Waals surface area contributed by atoms with Crippen LogP contribution in [0.1, 0.15) is 36.6 Å². The maximum atomic E-state index is 14.0. The summed E-state index contributed by atoms with van der Waals surface area (Å²) in [5.74, 6) is 0. The van der Waals surface area contributed by atoms with Crippen LogP contribution in [-0.4, -0.2) is 61.4 Å². The molecule has 2 amide bonds. The number of morpholine rings is 1. The third-order valence-corrected chi connectivity index (χ3v) is 6.85. The van der Waals surface area contributed by atoms with E-state index >= 15 is 0 Å². The van der Waals surface area contributed by atoms with Gasteiger partial charge in [-0.2, -0.15) is 13.2 Å². The summed E-state index contributed by atoms with van der Waals surface area (Å²) in [7, 11) is 1.21. The van der Waals surface area contributed by atoms with Crippen LogP contribution >= 0.6 is 0 Å². The third-order valence-electron chi connectivity index (χ3n) is 6.85. The van der Waals surface area contributed by atoms with Crippen molar-refractivity contribution in [3.05, 3.63) is 65.2 Å². The lowest BCUT2D eigenvalue weighted by molar-refractivity contribution is -0.177. The molecule has 2 atom stereocenters. The van der Waals surface area contributed by atoms with Gasteiger partial charge in [0.2, 0.25) is 0 Å². The maximum absolute atomic E-state index is 14.0. The summed E-state index contributed by atoms with van der Waals surface area (Å²) >= 11 is 0. The summed E-state index contributed by atoms with van der Waals surface area (Å²) in [6.07, 6.45) is -3.74. The Labute approximate surface area is 192 Å². The van der Waals surface area contributed by atoms with Crippen LogP contribution < -0.4 is 5.32 Å². The van der Waals surface area contributed by atoms with Gasteiger partial charge in [0.05, 0.1) is 13.2 Å². The fourth-order valence-corrected chi connectivity index (χ4v) is 4.90. The lowest BCUT2D eigenvalue weighted by Gasteiger charge is -2.36. The molecule has 1 unspecified atom stereocenters. The maximum Gasteiger partial charge on any atom is 0.413 e. The fourth-order valence-electron chi connectivity index (χ4n) is 4.90. The number of carbonyl (C=O) groups excluding carboxylic acids is 1. The number of benzene rings is 2. The van der Waals surface area contributed by atoms with Crippen molar-refractivity contribution >= 4 is 11.7 Å². The largest absolute Gasteiger partial charge is 0.413 e. The Kier molecular flexibility index (Phi) is 6.31. The van der Waals surface area contributed by atoms with Gasteiger partial charge in [-0.3, -0.25) is 0 Å². The van der Waals surface area contributed by atoms with E-state index in [0.29, 0.717) is 13.2 Å².